The molecule has 3 heteroatoms. The van der Waals surface area contributed by atoms with Crippen molar-refractivity contribution in [2.24, 2.45) is 5.92 Å². The molecule has 1 aromatic carbocycles. The summed E-state index contributed by atoms with van der Waals surface area (Å²) >= 11 is 9.84. The number of alkyl halides is 1. The summed E-state index contributed by atoms with van der Waals surface area (Å²) in [7, 11) is 0. The molecule has 104 valence electrons. The number of nitrogens with zero attached hydrogens (tertiary/aromatic N) is 1. The smallest absolute Gasteiger partial charge is 0.0426 e. The predicted octanol–water partition coefficient (Wildman–Crippen LogP) is 5.39. The molecule has 0 N–H and O–H groups in total. The average Bonchev–Trinajstić information content (AvgIpc) is 2.46. The molecular formula is C16H21BrClN. The Morgan fingerprint density at radius 2 is 1.95 bits per heavy atom. The lowest BCUT2D eigenvalue weighted by Crippen LogP contribution is -2.47. The van der Waals surface area contributed by atoms with Gasteiger partial charge < -0.3 is 4.90 Å². The zero-order valence-electron chi connectivity index (χ0n) is 11.2. The standard InChI is InChI=1S/C16H21BrClN/c17-11-13-7-8-14(18)10-16(13)19-9-3-5-12-4-1-2-6-15(12)19/h7-8,10,12,15H,1-6,9,11H2/t12-,15-/m1/s1. The topological polar surface area (TPSA) is 3.24 Å². The van der Waals surface area contributed by atoms with Crippen LogP contribution in [0.25, 0.3) is 0 Å². The second-order valence-electron chi connectivity index (χ2n) is 5.85. The van der Waals surface area contributed by atoms with Crippen molar-refractivity contribution in [2.45, 2.75) is 49.9 Å². The molecular weight excluding hydrogens is 322 g/mol. The maximum absolute atomic E-state index is 6.23. The molecule has 1 aliphatic carbocycles. The van der Waals surface area contributed by atoms with Gasteiger partial charge in [-0.15, -0.1) is 0 Å². The first-order chi connectivity index (χ1) is 9.29. The minimum atomic E-state index is 0.749. The normalized spacial score (nSPS) is 27.2. The number of hydrogen-bond donors (Lipinski definition) is 0. The van der Waals surface area contributed by atoms with Crippen molar-refractivity contribution in [3.63, 3.8) is 0 Å². The summed E-state index contributed by atoms with van der Waals surface area (Å²) in [6.07, 6.45) is 8.35. The molecule has 0 aromatic heterocycles. The molecule has 0 unspecified atom stereocenters. The van der Waals surface area contributed by atoms with E-state index in [1.807, 2.05) is 6.07 Å². The number of halogens is 2. The van der Waals surface area contributed by atoms with Crippen LogP contribution in [0, 0.1) is 5.92 Å². The number of hydrogen-bond acceptors (Lipinski definition) is 1. The fourth-order valence-electron chi connectivity index (χ4n) is 3.84. The van der Waals surface area contributed by atoms with Crippen LogP contribution in [-0.2, 0) is 5.33 Å². The molecule has 1 aromatic rings. The molecule has 2 atom stereocenters. The summed E-state index contributed by atoms with van der Waals surface area (Å²) in [5, 5.41) is 1.77. The highest BCUT2D eigenvalue weighted by Crippen LogP contribution is 2.39. The summed E-state index contributed by atoms with van der Waals surface area (Å²) in [5.41, 5.74) is 2.73. The summed E-state index contributed by atoms with van der Waals surface area (Å²) in [5.74, 6) is 0.907. The Hall–Kier alpha value is -0.210. The van der Waals surface area contributed by atoms with E-state index < -0.39 is 0 Å². The van der Waals surface area contributed by atoms with Crippen LogP contribution in [0.4, 0.5) is 5.69 Å². The Kier molecular flexibility index (Phi) is 4.38. The maximum atomic E-state index is 6.23. The zero-order valence-corrected chi connectivity index (χ0v) is 13.6. The van der Waals surface area contributed by atoms with E-state index in [0.717, 1.165) is 22.3 Å². The molecule has 1 aliphatic heterocycles. The van der Waals surface area contributed by atoms with Gasteiger partial charge in [-0.2, -0.15) is 0 Å². The molecule has 1 saturated heterocycles. The monoisotopic (exact) mass is 341 g/mol. The molecule has 0 spiro atoms. The van der Waals surface area contributed by atoms with Gasteiger partial charge in [0.25, 0.3) is 0 Å². The molecule has 0 radical (unpaired) electrons. The van der Waals surface area contributed by atoms with Gasteiger partial charge in [0, 0.05) is 28.6 Å². The van der Waals surface area contributed by atoms with E-state index in [1.54, 1.807) is 0 Å². The van der Waals surface area contributed by atoms with Crippen LogP contribution in [0.1, 0.15) is 44.1 Å². The molecule has 2 fully saturated rings. The first-order valence-corrected chi connectivity index (χ1v) is 8.90. The van der Waals surface area contributed by atoms with Crippen LogP contribution in [0.2, 0.25) is 5.02 Å². The van der Waals surface area contributed by atoms with Gasteiger partial charge in [-0.25, -0.2) is 0 Å². The largest absolute Gasteiger partial charge is 0.368 e. The van der Waals surface area contributed by atoms with E-state index >= 15 is 0 Å². The van der Waals surface area contributed by atoms with Crippen LogP contribution in [0.5, 0.6) is 0 Å². The number of rotatable bonds is 2. The molecule has 1 heterocycles. The van der Waals surface area contributed by atoms with E-state index in [9.17, 15) is 0 Å². The van der Waals surface area contributed by atoms with Crippen LogP contribution in [0.3, 0.4) is 0 Å². The Morgan fingerprint density at radius 3 is 2.79 bits per heavy atom. The van der Waals surface area contributed by atoms with Gasteiger partial charge in [-0.05, 0) is 49.3 Å². The van der Waals surface area contributed by atoms with Gasteiger partial charge in [0.1, 0.15) is 0 Å². The Labute approximate surface area is 129 Å². The second kappa shape index (κ2) is 6.05. The average molecular weight is 343 g/mol. The first-order valence-electron chi connectivity index (χ1n) is 7.40. The van der Waals surface area contributed by atoms with E-state index in [-0.39, 0.29) is 0 Å². The minimum absolute atomic E-state index is 0.749. The first kappa shape index (κ1) is 13.8. The highest BCUT2D eigenvalue weighted by atomic mass is 79.9. The number of piperidine rings is 1. The molecule has 1 saturated carbocycles. The Balaban J connectivity index is 1.93. The lowest BCUT2D eigenvalue weighted by atomic mass is 9.78. The van der Waals surface area contributed by atoms with Crippen molar-refractivity contribution in [1.82, 2.24) is 0 Å². The lowest BCUT2D eigenvalue weighted by Gasteiger charge is -2.46. The molecule has 1 nitrogen and oxygen atoms in total. The van der Waals surface area contributed by atoms with Crippen molar-refractivity contribution < 1.29 is 0 Å². The van der Waals surface area contributed by atoms with Crippen LogP contribution in [0.15, 0.2) is 18.2 Å². The van der Waals surface area contributed by atoms with E-state index in [1.165, 1.54) is 56.3 Å². The maximum Gasteiger partial charge on any atom is 0.0426 e. The lowest BCUT2D eigenvalue weighted by molar-refractivity contribution is 0.243. The fourth-order valence-corrected chi connectivity index (χ4v) is 4.48. The van der Waals surface area contributed by atoms with Crippen molar-refractivity contribution in [2.75, 3.05) is 11.4 Å². The van der Waals surface area contributed by atoms with Crippen LogP contribution in [-0.4, -0.2) is 12.6 Å². The van der Waals surface area contributed by atoms with Crippen molar-refractivity contribution in [1.29, 1.82) is 0 Å². The number of anilines is 1. The predicted molar refractivity (Wildman–Crippen MR) is 86.4 cm³/mol. The van der Waals surface area contributed by atoms with Crippen molar-refractivity contribution in [3.05, 3.63) is 28.8 Å². The quantitative estimate of drug-likeness (QED) is 0.651. The van der Waals surface area contributed by atoms with E-state index in [0.29, 0.717) is 0 Å². The molecule has 19 heavy (non-hydrogen) atoms. The Morgan fingerprint density at radius 1 is 1.16 bits per heavy atom. The van der Waals surface area contributed by atoms with Gasteiger partial charge in [-0.3, -0.25) is 0 Å². The summed E-state index contributed by atoms with van der Waals surface area (Å²) in [6, 6.07) is 7.08. The van der Waals surface area contributed by atoms with Gasteiger partial charge in [-0.1, -0.05) is 46.4 Å². The summed E-state index contributed by atoms with van der Waals surface area (Å²) < 4.78 is 0. The highest BCUT2D eigenvalue weighted by Gasteiger charge is 2.33. The zero-order chi connectivity index (χ0) is 13.2. The minimum Gasteiger partial charge on any atom is -0.368 e. The molecule has 3 rings (SSSR count). The van der Waals surface area contributed by atoms with E-state index in [4.69, 9.17) is 11.6 Å². The fraction of sp³-hybridized carbons (Fsp3) is 0.625. The van der Waals surface area contributed by atoms with Gasteiger partial charge in [0.2, 0.25) is 0 Å². The third-order valence-corrected chi connectivity index (χ3v) is 5.58. The summed E-state index contributed by atoms with van der Waals surface area (Å²) in [6.45, 7) is 1.20. The highest BCUT2D eigenvalue weighted by molar-refractivity contribution is 9.08. The van der Waals surface area contributed by atoms with Crippen LogP contribution < -0.4 is 4.90 Å². The molecule has 2 aliphatic rings. The number of fused-ring (bicyclic) bond motifs is 1. The van der Waals surface area contributed by atoms with E-state index in [2.05, 4.69) is 33.0 Å². The summed E-state index contributed by atoms with van der Waals surface area (Å²) in [4.78, 5) is 2.65. The third kappa shape index (κ3) is 2.80. The molecule has 0 amide bonds. The third-order valence-electron chi connectivity index (χ3n) is 4.74. The van der Waals surface area contributed by atoms with Crippen molar-refractivity contribution in [3.8, 4) is 0 Å². The second-order valence-corrected chi connectivity index (χ2v) is 6.85. The number of benzene rings is 1. The van der Waals surface area contributed by atoms with Crippen molar-refractivity contribution >= 4 is 33.2 Å². The molecule has 0 bridgehead atoms. The van der Waals surface area contributed by atoms with Crippen LogP contribution >= 0.6 is 27.5 Å². The van der Waals surface area contributed by atoms with Gasteiger partial charge >= 0.3 is 0 Å². The SMILES string of the molecule is Clc1ccc(CBr)c(N2CCC[C@H]3CCCC[C@H]32)c1. The Bertz CT molecular complexity index is 446. The van der Waals surface area contributed by atoms with Gasteiger partial charge in [0.05, 0.1) is 0 Å². The van der Waals surface area contributed by atoms with Gasteiger partial charge in [0.15, 0.2) is 0 Å².